The Balaban J connectivity index is 3.25. The van der Waals surface area contributed by atoms with Crippen molar-refractivity contribution in [1.29, 1.82) is 0 Å². The van der Waals surface area contributed by atoms with Gasteiger partial charge >= 0.3 is 0 Å². The lowest BCUT2D eigenvalue weighted by Crippen LogP contribution is -2.19. The summed E-state index contributed by atoms with van der Waals surface area (Å²) in [6, 6.07) is 0.0000463. The monoisotopic (exact) mass is 179 g/mol. The lowest BCUT2D eigenvalue weighted by molar-refractivity contribution is -0.116. The molecule has 0 radical (unpaired) electrons. The van der Waals surface area contributed by atoms with E-state index < -0.39 is 0 Å². The predicted octanol–water partition coefficient (Wildman–Crippen LogP) is 0.688. The first kappa shape index (κ1) is 8.11. The first-order valence-corrected chi connectivity index (χ1v) is 3.62. The molecule has 1 atom stereocenters. The number of hydrogen-bond donors (Lipinski definition) is 1. The maximum Gasteiger partial charge on any atom is 0.144 e. The Bertz CT molecular complexity index is 82.5. The van der Waals surface area contributed by atoms with Crippen LogP contribution in [0.3, 0.4) is 0 Å². The van der Waals surface area contributed by atoms with E-state index in [9.17, 15) is 4.79 Å². The normalized spacial score (nSPS) is 13.4. The van der Waals surface area contributed by atoms with Crippen LogP contribution in [0.25, 0.3) is 0 Å². The van der Waals surface area contributed by atoms with Crippen LogP contribution in [-0.4, -0.2) is 17.2 Å². The van der Waals surface area contributed by atoms with Gasteiger partial charge in [0.05, 0.1) is 5.33 Å². The van der Waals surface area contributed by atoms with E-state index in [1.54, 1.807) is 0 Å². The molecule has 0 heterocycles. The molecule has 0 aliphatic carbocycles. The Morgan fingerprint density at radius 3 is 2.50 bits per heavy atom. The Morgan fingerprint density at radius 1 is 1.88 bits per heavy atom. The van der Waals surface area contributed by atoms with Gasteiger partial charge in [0.25, 0.3) is 0 Å². The van der Waals surface area contributed by atoms with Gasteiger partial charge < -0.3 is 5.73 Å². The fourth-order valence-electron chi connectivity index (χ4n) is 0.414. The maximum atomic E-state index is 10.5. The molecule has 0 aromatic carbocycles. The predicted molar refractivity (Wildman–Crippen MR) is 37.1 cm³/mol. The van der Waals surface area contributed by atoms with Gasteiger partial charge in [0.15, 0.2) is 0 Å². The van der Waals surface area contributed by atoms with Crippen molar-refractivity contribution < 1.29 is 4.79 Å². The second-order valence-electron chi connectivity index (χ2n) is 1.85. The molecule has 0 spiro atoms. The molecular formula is C5H10BrNO. The van der Waals surface area contributed by atoms with E-state index in [2.05, 4.69) is 15.9 Å². The molecular weight excluding hydrogens is 170 g/mol. The van der Waals surface area contributed by atoms with Crippen molar-refractivity contribution in [2.24, 2.45) is 5.73 Å². The van der Waals surface area contributed by atoms with Crippen LogP contribution in [0.1, 0.15) is 13.3 Å². The highest BCUT2D eigenvalue weighted by atomic mass is 79.9. The number of carbonyl (C=O) groups excluding carboxylic acids is 1. The van der Waals surface area contributed by atoms with E-state index in [1.165, 1.54) is 0 Å². The second-order valence-corrected chi connectivity index (χ2v) is 2.41. The van der Waals surface area contributed by atoms with Crippen LogP contribution in [-0.2, 0) is 4.79 Å². The molecule has 2 nitrogen and oxygen atoms in total. The lowest BCUT2D eigenvalue weighted by atomic mass is 10.2. The molecule has 0 rings (SSSR count). The average Bonchev–Trinajstić information content (AvgIpc) is 1.65. The van der Waals surface area contributed by atoms with Crippen LogP contribution >= 0.6 is 15.9 Å². The number of alkyl halides is 1. The van der Waals surface area contributed by atoms with Gasteiger partial charge in [-0.3, -0.25) is 4.79 Å². The maximum absolute atomic E-state index is 10.5. The van der Waals surface area contributed by atoms with Gasteiger partial charge in [0, 0.05) is 12.5 Å². The van der Waals surface area contributed by atoms with E-state index in [0.717, 1.165) is 0 Å². The van der Waals surface area contributed by atoms with Crippen molar-refractivity contribution in [2.45, 2.75) is 19.4 Å². The first-order valence-electron chi connectivity index (χ1n) is 2.50. The third kappa shape index (κ3) is 4.27. The van der Waals surface area contributed by atoms with Crippen molar-refractivity contribution in [1.82, 2.24) is 0 Å². The van der Waals surface area contributed by atoms with Gasteiger partial charge in [-0.15, -0.1) is 0 Å². The fourth-order valence-corrected chi connectivity index (χ4v) is 0.643. The van der Waals surface area contributed by atoms with Gasteiger partial charge in [-0.2, -0.15) is 0 Å². The summed E-state index contributed by atoms with van der Waals surface area (Å²) < 4.78 is 0. The van der Waals surface area contributed by atoms with Crippen molar-refractivity contribution >= 4 is 21.7 Å². The summed E-state index contributed by atoms with van der Waals surface area (Å²) in [5, 5.41) is 0.425. The van der Waals surface area contributed by atoms with Crippen molar-refractivity contribution in [2.75, 3.05) is 5.33 Å². The van der Waals surface area contributed by atoms with Crippen molar-refractivity contribution in [3.63, 3.8) is 0 Å². The van der Waals surface area contributed by atoms with Gasteiger partial charge in [0.2, 0.25) is 0 Å². The Labute approximate surface area is 57.6 Å². The molecule has 3 heteroatoms. The minimum atomic E-state index is 0.0000463. The molecule has 0 fully saturated rings. The summed E-state index contributed by atoms with van der Waals surface area (Å²) in [6.45, 7) is 1.82. The van der Waals surface area contributed by atoms with Crippen LogP contribution in [0, 0.1) is 0 Å². The molecule has 48 valence electrons. The minimum absolute atomic E-state index is 0.0000463. The summed E-state index contributed by atoms with van der Waals surface area (Å²) in [6.07, 6.45) is 0.477. The average molecular weight is 180 g/mol. The minimum Gasteiger partial charge on any atom is -0.328 e. The quantitative estimate of drug-likeness (QED) is 0.649. The lowest BCUT2D eigenvalue weighted by Gasteiger charge is -1.98. The fraction of sp³-hybridized carbons (Fsp3) is 0.800. The molecule has 0 unspecified atom stereocenters. The zero-order chi connectivity index (χ0) is 6.57. The number of Topliss-reactive ketones (excluding diaryl/α,β-unsaturated/α-hetero) is 1. The number of ketones is 1. The zero-order valence-electron chi connectivity index (χ0n) is 4.86. The van der Waals surface area contributed by atoms with E-state index in [-0.39, 0.29) is 11.8 Å². The number of hydrogen-bond acceptors (Lipinski definition) is 2. The molecule has 0 aliphatic rings. The Kier molecular flexibility index (Phi) is 4.09. The number of carbonyl (C=O) groups is 1. The van der Waals surface area contributed by atoms with Crippen LogP contribution in [0.15, 0.2) is 0 Å². The molecule has 0 saturated carbocycles. The van der Waals surface area contributed by atoms with Gasteiger partial charge in [-0.25, -0.2) is 0 Å². The van der Waals surface area contributed by atoms with Gasteiger partial charge in [-0.05, 0) is 6.92 Å². The van der Waals surface area contributed by atoms with Crippen LogP contribution in [0.4, 0.5) is 0 Å². The smallest absolute Gasteiger partial charge is 0.144 e. The van der Waals surface area contributed by atoms with Crippen LogP contribution < -0.4 is 5.73 Å². The molecule has 0 aromatic rings. The van der Waals surface area contributed by atoms with Gasteiger partial charge in [-0.1, -0.05) is 15.9 Å². The van der Waals surface area contributed by atoms with E-state index >= 15 is 0 Å². The molecule has 0 bridgehead atoms. The number of halogens is 1. The largest absolute Gasteiger partial charge is 0.328 e. The molecule has 0 amide bonds. The molecule has 0 saturated heterocycles. The topological polar surface area (TPSA) is 43.1 Å². The highest BCUT2D eigenvalue weighted by Gasteiger charge is 2.00. The summed E-state index contributed by atoms with van der Waals surface area (Å²) >= 11 is 3.04. The molecule has 8 heavy (non-hydrogen) atoms. The zero-order valence-corrected chi connectivity index (χ0v) is 6.44. The second kappa shape index (κ2) is 4.04. The summed E-state index contributed by atoms with van der Waals surface area (Å²) in [5.41, 5.74) is 5.33. The third-order valence-electron chi connectivity index (χ3n) is 0.699. The highest BCUT2D eigenvalue weighted by Crippen LogP contribution is 1.91. The van der Waals surface area contributed by atoms with Crippen molar-refractivity contribution in [3.8, 4) is 0 Å². The summed E-state index contributed by atoms with van der Waals surface area (Å²) in [7, 11) is 0. The van der Waals surface area contributed by atoms with Gasteiger partial charge in [0.1, 0.15) is 5.78 Å². The third-order valence-corrected chi connectivity index (χ3v) is 1.32. The SMILES string of the molecule is C[C@H](N)CC(=O)CBr. The summed E-state index contributed by atoms with van der Waals surface area (Å²) in [5.74, 6) is 0.167. The van der Waals surface area contributed by atoms with E-state index in [0.29, 0.717) is 11.8 Å². The first-order chi connectivity index (χ1) is 3.66. The number of nitrogens with two attached hydrogens (primary N) is 1. The summed E-state index contributed by atoms with van der Waals surface area (Å²) in [4.78, 5) is 10.5. The van der Waals surface area contributed by atoms with Crippen LogP contribution in [0.5, 0.6) is 0 Å². The van der Waals surface area contributed by atoms with E-state index in [1.807, 2.05) is 6.92 Å². The van der Waals surface area contributed by atoms with E-state index in [4.69, 9.17) is 5.73 Å². The Hall–Kier alpha value is 0.110. The van der Waals surface area contributed by atoms with Crippen molar-refractivity contribution in [3.05, 3.63) is 0 Å². The standard InChI is InChI=1S/C5H10BrNO/c1-4(7)2-5(8)3-6/h4H,2-3,7H2,1H3/t4-/m0/s1. The Morgan fingerprint density at radius 2 is 2.38 bits per heavy atom. The number of rotatable bonds is 3. The van der Waals surface area contributed by atoms with Crippen LogP contribution in [0.2, 0.25) is 0 Å². The molecule has 0 aromatic heterocycles. The molecule has 2 N–H and O–H groups in total. The highest BCUT2D eigenvalue weighted by molar-refractivity contribution is 9.09. The molecule has 0 aliphatic heterocycles.